The third-order valence-corrected chi connectivity index (χ3v) is 2.75. The van der Waals surface area contributed by atoms with E-state index in [0.29, 0.717) is 0 Å². The number of aromatic nitrogens is 1. The van der Waals surface area contributed by atoms with E-state index in [4.69, 9.17) is 11.6 Å². The van der Waals surface area contributed by atoms with Crippen molar-refractivity contribution in [3.05, 3.63) is 53.3 Å². The maximum atomic E-state index is 5.87. The second-order valence-corrected chi connectivity index (χ2v) is 4.06. The Bertz CT molecular complexity index is 445. The van der Waals surface area contributed by atoms with E-state index in [-0.39, 0.29) is 0 Å². The Kier molecular flexibility index (Phi) is 3.65. The normalized spacial score (nSPS) is 10.6. The average molecular weight is 235 g/mol. The zero-order chi connectivity index (χ0) is 11.4. The summed E-state index contributed by atoms with van der Waals surface area (Å²) < 4.78 is 2.17. The highest BCUT2D eigenvalue weighted by atomic mass is 35.5. The minimum atomic E-state index is 0.768. The molecular formula is C13H15ClN2. The Morgan fingerprint density at radius 3 is 2.62 bits per heavy atom. The highest BCUT2D eigenvalue weighted by Gasteiger charge is 2.02. The molecule has 0 aliphatic carbocycles. The largest absolute Gasteiger partial charge is 0.320 e. The van der Waals surface area contributed by atoms with Crippen LogP contribution in [-0.2, 0) is 6.54 Å². The van der Waals surface area contributed by atoms with Gasteiger partial charge in [-0.15, -0.1) is 0 Å². The maximum Gasteiger partial charge on any atom is 0.0453 e. The minimum absolute atomic E-state index is 0.768. The van der Waals surface area contributed by atoms with Crippen LogP contribution in [0.4, 0.5) is 0 Å². The molecule has 1 heterocycles. The predicted molar refractivity (Wildman–Crippen MR) is 68.2 cm³/mol. The molecule has 0 saturated carbocycles. The van der Waals surface area contributed by atoms with Crippen LogP contribution in [0, 0.1) is 0 Å². The van der Waals surface area contributed by atoms with Crippen molar-refractivity contribution in [2.24, 2.45) is 0 Å². The quantitative estimate of drug-likeness (QED) is 0.860. The summed E-state index contributed by atoms with van der Waals surface area (Å²) in [4.78, 5) is 0. The van der Waals surface area contributed by atoms with Gasteiger partial charge < -0.3 is 9.88 Å². The molecular weight excluding hydrogens is 220 g/mol. The van der Waals surface area contributed by atoms with Gasteiger partial charge in [-0.2, -0.15) is 0 Å². The fraction of sp³-hybridized carbons (Fsp3) is 0.231. The highest BCUT2D eigenvalue weighted by Crippen LogP contribution is 2.16. The van der Waals surface area contributed by atoms with Crippen molar-refractivity contribution in [3.8, 4) is 5.69 Å². The van der Waals surface area contributed by atoms with Gasteiger partial charge in [-0.05, 0) is 42.9 Å². The lowest BCUT2D eigenvalue weighted by Gasteiger charge is -2.09. The summed E-state index contributed by atoms with van der Waals surface area (Å²) in [5.41, 5.74) is 2.39. The van der Waals surface area contributed by atoms with Gasteiger partial charge in [0, 0.05) is 29.1 Å². The van der Waals surface area contributed by atoms with E-state index in [1.54, 1.807) is 0 Å². The first kappa shape index (κ1) is 11.2. The summed E-state index contributed by atoms with van der Waals surface area (Å²) in [5.74, 6) is 0. The molecule has 2 rings (SSSR count). The first-order valence-electron chi connectivity index (χ1n) is 5.44. The molecule has 2 nitrogen and oxygen atoms in total. The summed E-state index contributed by atoms with van der Waals surface area (Å²) in [7, 11) is 0. The van der Waals surface area contributed by atoms with Gasteiger partial charge in [0.05, 0.1) is 0 Å². The van der Waals surface area contributed by atoms with Crippen LogP contribution >= 0.6 is 11.6 Å². The first-order chi connectivity index (χ1) is 7.81. The number of hydrogen-bond donors (Lipinski definition) is 1. The third kappa shape index (κ3) is 2.46. The van der Waals surface area contributed by atoms with Crippen LogP contribution in [-0.4, -0.2) is 11.1 Å². The van der Waals surface area contributed by atoms with Gasteiger partial charge in [0.2, 0.25) is 0 Å². The Morgan fingerprint density at radius 2 is 1.94 bits per heavy atom. The molecule has 0 fully saturated rings. The van der Waals surface area contributed by atoms with E-state index in [1.165, 1.54) is 5.69 Å². The molecule has 0 aliphatic heterocycles. The Balaban J connectivity index is 2.26. The Hall–Kier alpha value is -1.25. The lowest BCUT2D eigenvalue weighted by molar-refractivity contribution is 0.698. The molecule has 16 heavy (non-hydrogen) atoms. The standard InChI is InChI=1S/C13H15ClN2/c1-2-15-10-13-4-3-9-16(13)12-7-5-11(14)6-8-12/h3-9,15H,2,10H2,1H3. The summed E-state index contributed by atoms with van der Waals surface area (Å²) in [6, 6.07) is 12.1. The third-order valence-electron chi connectivity index (χ3n) is 2.49. The van der Waals surface area contributed by atoms with Gasteiger partial charge in [-0.25, -0.2) is 0 Å². The van der Waals surface area contributed by atoms with Gasteiger partial charge in [-0.1, -0.05) is 18.5 Å². The Labute approximate surface area is 101 Å². The molecule has 1 aromatic heterocycles. The highest BCUT2D eigenvalue weighted by molar-refractivity contribution is 6.30. The van der Waals surface area contributed by atoms with Crippen molar-refractivity contribution in [2.45, 2.75) is 13.5 Å². The molecule has 0 atom stereocenters. The van der Waals surface area contributed by atoms with Crippen molar-refractivity contribution < 1.29 is 0 Å². The van der Waals surface area contributed by atoms with Gasteiger partial charge in [0.1, 0.15) is 0 Å². The molecule has 0 aliphatic rings. The van der Waals surface area contributed by atoms with Crippen LogP contribution in [0.3, 0.4) is 0 Å². The summed E-state index contributed by atoms with van der Waals surface area (Å²) in [5, 5.41) is 4.09. The second kappa shape index (κ2) is 5.19. The average Bonchev–Trinajstić information content (AvgIpc) is 2.75. The molecule has 1 aromatic carbocycles. The smallest absolute Gasteiger partial charge is 0.0453 e. The van der Waals surface area contributed by atoms with Crippen LogP contribution in [0.15, 0.2) is 42.6 Å². The van der Waals surface area contributed by atoms with Crippen LogP contribution in [0.1, 0.15) is 12.6 Å². The molecule has 0 bridgehead atoms. The minimum Gasteiger partial charge on any atom is -0.320 e. The fourth-order valence-corrected chi connectivity index (χ4v) is 1.79. The SMILES string of the molecule is CCNCc1cccn1-c1ccc(Cl)cc1. The summed E-state index contributed by atoms with van der Waals surface area (Å²) in [6.07, 6.45) is 2.07. The van der Waals surface area contributed by atoms with E-state index < -0.39 is 0 Å². The van der Waals surface area contributed by atoms with E-state index in [9.17, 15) is 0 Å². The van der Waals surface area contributed by atoms with Gasteiger partial charge in [0.25, 0.3) is 0 Å². The van der Waals surface area contributed by atoms with Crippen molar-refractivity contribution in [1.29, 1.82) is 0 Å². The van der Waals surface area contributed by atoms with Crippen LogP contribution in [0.5, 0.6) is 0 Å². The number of halogens is 1. The van der Waals surface area contributed by atoms with Crippen molar-refractivity contribution >= 4 is 11.6 Å². The van der Waals surface area contributed by atoms with Gasteiger partial charge >= 0.3 is 0 Å². The molecule has 0 radical (unpaired) electrons. The van der Waals surface area contributed by atoms with Crippen molar-refractivity contribution in [3.63, 3.8) is 0 Å². The Morgan fingerprint density at radius 1 is 1.19 bits per heavy atom. The number of benzene rings is 1. The number of rotatable bonds is 4. The van der Waals surface area contributed by atoms with E-state index in [1.807, 2.05) is 24.3 Å². The van der Waals surface area contributed by atoms with Crippen LogP contribution in [0.25, 0.3) is 5.69 Å². The molecule has 0 amide bonds. The van der Waals surface area contributed by atoms with E-state index in [2.05, 4.69) is 35.1 Å². The van der Waals surface area contributed by atoms with Crippen molar-refractivity contribution in [1.82, 2.24) is 9.88 Å². The van der Waals surface area contributed by atoms with Gasteiger partial charge in [-0.3, -0.25) is 0 Å². The molecule has 0 saturated heterocycles. The molecule has 3 heteroatoms. The van der Waals surface area contributed by atoms with E-state index >= 15 is 0 Å². The van der Waals surface area contributed by atoms with Crippen LogP contribution in [0.2, 0.25) is 5.02 Å². The lowest BCUT2D eigenvalue weighted by atomic mass is 10.3. The topological polar surface area (TPSA) is 17.0 Å². The van der Waals surface area contributed by atoms with Crippen molar-refractivity contribution in [2.75, 3.05) is 6.54 Å². The predicted octanol–water partition coefficient (Wildman–Crippen LogP) is 3.24. The second-order valence-electron chi connectivity index (χ2n) is 3.63. The maximum absolute atomic E-state index is 5.87. The van der Waals surface area contributed by atoms with Crippen LogP contribution < -0.4 is 5.32 Å². The molecule has 1 N–H and O–H groups in total. The van der Waals surface area contributed by atoms with E-state index in [0.717, 1.165) is 23.8 Å². The molecule has 2 aromatic rings. The monoisotopic (exact) mass is 234 g/mol. The molecule has 0 unspecified atom stereocenters. The molecule has 0 spiro atoms. The number of nitrogens with one attached hydrogen (secondary N) is 1. The summed E-state index contributed by atoms with van der Waals surface area (Å²) in [6.45, 7) is 3.97. The van der Waals surface area contributed by atoms with Gasteiger partial charge in [0.15, 0.2) is 0 Å². The zero-order valence-corrected chi connectivity index (χ0v) is 10.0. The lowest BCUT2D eigenvalue weighted by Crippen LogP contribution is -2.14. The summed E-state index contributed by atoms with van der Waals surface area (Å²) >= 11 is 5.87. The first-order valence-corrected chi connectivity index (χ1v) is 5.82. The molecule has 84 valence electrons. The fourth-order valence-electron chi connectivity index (χ4n) is 1.67. The number of hydrogen-bond acceptors (Lipinski definition) is 1. The number of nitrogens with zero attached hydrogens (tertiary/aromatic N) is 1. The zero-order valence-electron chi connectivity index (χ0n) is 9.28.